The number of rotatable bonds is 4. The number of thiazole rings is 1. The molecule has 0 amide bonds. The quantitative estimate of drug-likeness (QED) is 0.453. The zero-order chi connectivity index (χ0) is 16.5. The Morgan fingerprint density at radius 3 is 2.79 bits per heavy atom. The van der Waals surface area contributed by atoms with Crippen LogP contribution < -0.4 is 0 Å². The number of aromatic nitrogens is 3. The smallest absolute Gasteiger partial charge is 0.247 e. The van der Waals surface area contributed by atoms with E-state index >= 15 is 0 Å². The zero-order valence-electron chi connectivity index (χ0n) is 13.3. The fraction of sp³-hybridized carbons (Fsp3) is 0.167. The van der Waals surface area contributed by atoms with Crippen molar-refractivity contribution in [3.8, 4) is 11.5 Å². The van der Waals surface area contributed by atoms with E-state index in [1.54, 1.807) is 23.1 Å². The van der Waals surface area contributed by atoms with Gasteiger partial charge >= 0.3 is 0 Å². The Labute approximate surface area is 148 Å². The first-order valence-electron chi connectivity index (χ1n) is 7.62. The molecule has 2 heterocycles. The summed E-state index contributed by atoms with van der Waals surface area (Å²) in [5, 5.41) is 8.45. The number of aryl methyl sites for hydroxylation is 1. The van der Waals surface area contributed by atoms with Crippen molar-refractivity contribution >= 4 is 33.3 Å². The first kappa shape index (κ1) is 15.4. The van der Waals surface area contributed by atoms with Crippen LogP contribution in [0, 0.1) is 6.92 Å². The second-order valence-electron chi connectivity index (χ2n) is 5.52. The van der Waals surface area contributed by atoms with Crippen LogP contribution in [0.15, 0.2) is 57.3 Å². The third-order valence-corrected chi connectivity index (χ3v) is 5.82. The lowest BCUT2D eigenvalue weighted by Gasteiger charge is -2.02. The Morgan fingerprint density at radius 2 is 1.96 bits per heavy atom. The second-order valence-corrected chi connectivity index (χ2v) is 8.14. The summed E-state index contributed by atoms with van der Waals surface area (Å²) < 4.78 is 8.07. The molecule has 24 heavy (non-hydrogen) atoms. The number of benzene rings is 2. The van der Waals surface area contributed by atoms with Crippen molar-refractivity contribution in [2.75, 3.05) is 0 Å². The molecule has 0 bridgehead atoms. The Hall–Kier alpha value is -2.18. The van der Waals surface area contributed by atoms with Crippen LogP contribution in [0.3, 0.4) is 0 Å². The molecule has 0 saturated heterocycles. The lowest BCUT2D eigenvalue weighted by Crippen LogP contribution is -1.88. The molecule has 1 atom stereocenters. The van der Waals surface area contributed by atoms with E-state index in [-0.39, 0.29) is 5.25 Å². The third-order valence-electron chi connectivity index (χ3n) is 3.61. The van der Waals surface area contributed by atoms with Gasteiger partial charge in [0.05, 0.1) is 15.5 Å². The third kappa shape index (κ3) is 3.07. The molecular formula is C18H15N3OS2. The predicted octanol–water partition coefficient (Wildman–Crippen LogP) is 5.51. The molecule has 0 fully saturated rings. The van der Waals surface area contributed by atoms with Gasteiger partial charge in [-0.05, 0) is 38.1 Å². The number of fused-ring (bicyclic) bond motifs is 1. The minimum Gasteiger partial charge on any atom is -0.419 e. The van der Waals surface area contributed by atoms with Crippen LogP contribution in [0.4, 0.5) is 0 Å². The molecular weight excluding hydrogens is 338 g/mol. The molecule has 4 aromatic rings. The topological polar surface area (TPSA) is 51.8 Å². The Balaban J connectivity index is 1.55. The Bertz CT molecular complexity index is 960. The van der Waals surface area contributed by atoms with E-state index in [1.807, 2.05) is 49.4 Å². The van der Waals surface area contributed by atoms with E-state index < -0.39 is 0 Å². The van der Waals surface area contributed by atoms with Crippen molar-refractivity contribution in [2.45, 2.75) is 23.4 Å². The molecule has 0 saturated carbocycles. The summed E-state index contributed by atoms with van der Waals surface area (Å²) in [5.74, 6) is 1.18. The summed E-state index contributed by atoms with van der Waals surface area (Å²) in [7, 11) is 0. The van der Waals surface area contributed by atoms with Crippen LogP contribution in [0.5, 0.6) is 0 Å². The highest BCUT2D eigenvalue weighted by molar-refractivity contribution is 8.01. The predicted molar refractivity (Wildman–Crippen MR) is 98.4 cm³/mol. The first-order valence-corrected chi connectivity index (χ1v) is 9.31. The molecule has 0 aliphatic rings. The lowest BCUT2D eigenvalue weighted by molar-refractivity contribution is 0.509. The monoisotopic (exact) mass is 353 g/mol. The van der Waals surface area contributed by atoms with Gasteiger partial charge in [0.2, 0.25) is 11.8 Å². The highest BCUT2D eigenvalue weighted by Crippen LogP contribution is 2.38. The van der Waals surface area contributed by atoms with Crippen molar-refractivity contribution in [2.24, 2.45) is 0 Å². The van der Waals surface area contributed by atoms with E-state index in [1.165, 1.54) is 10.3 Å². The fourth-order valence-corrected chi connectivity index (χ4v) is 4.64. The van der Waals surface area contributed by atoms with Gasteiger partial charge in [0, 0.05) is 5.56 Å². The maximum absolute atomic E-state index is 5.87. The Kier molecular flexibility index (Phi) is 4.08. The average Bonchev–Trinajstić information content (AvgIpc) is 3.21. The van der Waals surface area contributed by atoms with Crippen molar-refractivity contribution in [3.05, 3.63) is 60.0 Å². The molecule has 0 spiro atoms. The molecule has 2 aromatic heterocycles. The van der Waals surface area contributed by atoms with Gasteiger partial charge in [0.1, 0.15) is 0 Å². The SMILES string of the molecule is Cc1cccc(-c2nnc(C(C)Sc3nc4ccccc4s3)o2)c1. The first-order chi connectivity index (χ1) is 11.7. The normalized spacial score (nSPS) is 12.6. The summed E-state index contributed by atoms with van der Waals surface area (Å²) in [6, 6.07) is 16.2. The van der Waals surface area contributed by atoms with E-state index in [4.69, 9.17) is 4.42 Å². The fourth-order valence-electron chi connectivity index (χ4n) is 2.40. The van der Waals surface area contributed by atoms with Gasteiger partial charge in [-0.1, -0.05) is 41.6 Å². The lowest BCUT2D eigenvalue weighted by atomic mass is 10.1. The van der Waals surface area contributed by atoms with E-state index in [9.17, 15) is 0 Å². The van der Waals surface area contributed by atoms with Crippen molar-refractivity contribution in [3.63, 3.8) is 0 Å². The number of thioether (sulfide) groups is 1. The van der Waals surface area contributed by atoms with Gasteiger partial charge in [-0.25, -0.2) is 4.98 Å². The molecule has 0 radical (unpaired) electrons. The number of nitrogens with zero attached hydrogens (tertiary/aromatic N) is 3. The number of hydrogen-bond acceptors (Lipinski definition) is 6. The van der Waals surface area contributed by atoms with Crippen LogP contribution in [-0.2, 0) is 0 Å². The van der Waals surface area contributed by atoms with Gasteiger partial charge in [-0.2, -0.15) is 0 Å². The molecule has 6 heteroatoms. The second kappa shape index (κ2) is 6.37. The zero-order valence-corrected chi connectivity index (χ0v) is 14.9. The van der Waals surface area contributed by atoms with Gasteiger partial charge in [-0.15, -0.1) is 21.5 Å². The van der Waals surface area contributed by atoms with E-state index in [0.29, 0.717) is 11.8 Å². The van der Waals surface area contributed by atoms with Gasteiger partial charge in [0.25, 0.3) is 0 Å². The van der Waals surface area contributed by atoms with Crippen molar-refractivity contribution in [1.29, 1.82) is 0 Å². The van der Waals surface area contributed by atoms with E-state index in [2.05, 4.69) is 28.2 Å². The van der Waals surface area contributed by atoms with Gasteiger partial charge in [0.15, 0.2) is 4.34 Å². The molecule has 4 nitrogen and oxygen atoms in total. The van der Waals surface area contributed by atoms with Crippen molar-refractivity contribution < 1.29 is 4.42 Å². The van der Waals surface area contributed by atoms with Crippen LogP contribution in [0.2, 0.25) is 0 Å². The molecule has 120 valence electrons. The molecule has 0 aliphatic carbocycles. The number of hydrogen-bond donors (Lipinski definition) is 0. The largest absolute Gasteiger partial charge is 0.419 e. The highest BCUT2D eigenvalue weighted by atomic mass is 32.2. The van der Waals surface area contributed by atoms with Gasteiger partial charge < -0.3 is 4.42 Å². The molecule has 0 N–H and O–H groups in total. The van der Waals surface area contributed by atoms with Crippen LogP contribution in [0.1, 0.15) is 23.6 Å². The standard InChI is InChI=1S/C18H15N3OS2/c1-11-6-5-7-13(10-11)17-21-20-16(22-17)12(2)23-18-19-14-8-3-4-9-15(14)24-18/h3-10,12H,1-2H3. The van der Waals surface area contributed by atoms with E-state index in [0.717, 1.165) is 15.4 Å². The minimum absolute atomic E-state index is 0.0524. The summed E-state index contributed by atoms with van der Waals surface area (Å²) in [5.41, 5.74) is 3.15. The maximum Gasteiger partial charge on any atom is 0.247 e. The summed E-state index contributed by atoms with van der Waals surface area (Å²) in [6.07, 6.45) is 0. The average molecular weight is 353 g/mol. The van der Waals surface area contributed by atoms with Gasteiger partial charge in [-0.3, -0.25) is 0 Å². The van der Waals surface area contributed by atoms with Crippen LogP contribution in [0.25, 0.3) is 21.7 Å². The highest BCUT2D eigenvalue weighted by Gasteiger charge is 2.18. The van der Waals surface area contributed by atoms with Crippen LogP contribution in [-0.4, -0.2) is 15.2 Å². The summed E-state index contributed by atoms with van der Waals surface area (Å²) in [4.78, 5) is 4.65. The molecule has 0 aliphatic heterocycles. The molecule has 1 unspecified atom stereocenters. The minimum atomic E-state index is 0.0524. The summed E-state index contributed by atoms with van der Waals surface area (Å²) in [6.45, 7) is 4.11. The van der Waals surface area contributed by atoms with Crippen molar-refractivity contribution in [1.82, 2.24) is 15.2 Å². The molecule has 2 aromatic carbocycles. The number of para-hydroxylation sites is 1. The Morgan fingerprint density at radius 1 is 1.08 bits per heavy atom. The summed E-state index contributed by atoms with van der Waals surface area (Å²) >= 11 is 3.33. The molecule has 4 rings (SSSR count). The van der Waals surface area contributed by atoms with Crippen LogP contribution >= 0.6 is 23.1 Å². The maximum atomic E-state index is 5.87.